The topological polar surface area (TPSA) is 29.5 Å². The lowest BCUT2D eigenvalue weighted by Crippen LogP contribution is -2.00. The van der Waals surface area contributed by atoms with Crippen molar-refractivity contribution in [3.05, 3.63) is 28.3 Å². The average molecular weight is 222 g/mol. The maximum absolute atomic E-state index is 8.80. The summed E-state index contributed by atoms with van der Waals surface area (Å²) >= 11 is 0. The molecule has 0 aromatic heterocycles. The van der Waals surface area contributed by atoms with Crippen LogP contribution in [0, 0.1) is 20.8 Å². The molecular weight excluding hydrogens is 200 g/mol. The van der Waals surface area contributed by atoms with Gasteiger partial charge in [0.2, 0.25) is 0 Å². The molecule has 0 aliphatic heterocycles. The number of hydrogen-bond acceptors (Lipinski definition) is 2. The van der Waals surface area contributed by atoms with Gasteiger partial charge >= 0.3 is 0 Å². The van der Waals surface area contributed by atoms with Crippen LogP contribution in [0.5, 0.6) is 5.75 Å². The second-order valence-corrected chi connectivity index (χ2v) is 4.30. The van der Waals surface area contributed by atoms with Crippen molar-refractivity contribution in [1.82, 2.24) is 0 Å². The molecule has 1 aromatic carbocycles. The van der Waals surface area contributed by atoms with E-state index in [0.717, 1.165) is 25.0 Å². The molecule has 0 unspecified atom stereocenters. The molecule has 2 nitrogen and oxygen atoms in total. The van der Waals surface area contributed by atoms with Crippen molar-refractivity contribution in [3.63, 3.8) is 0 Å². The molecule has 1 N–H and O–H groups in total. The Labute approximate surface area is 98.3 Å². The molecule has 0 radical (unpaired) electrons. The quantitative estimate of drug-likeness (QED) is 0.776. The minimum Gasteiger partial charge on any atom is -0.496 e. The molecule has 1 rings (SSSR count). The molecule has 0 heterocycles. The van der Waals surface area contributed by atoms with Gasteiger partial charge in [-0.3, -0.25) is 0 Å². The fourth-order valence-electron chi connectivity index (χ4n) is 2.11. The van der Waals surface area contributed by atoms with Crippen LogP contribution < -0.4 is 4.74 Å². The maximum atomic E-state index is 8.80. The highest BCUT2D eigenvalue weighted by Crippen LogP contribution is 2.28. The molecule has 16 heavy (non-hydrogen) atoms. The first-order valence-electron chi connectivity index (χ1n) is 5.86. The van der Waals surface area contributed by atoms with Gasteiger partial charge in [0.1, 0.15) is 5.75 Å². The fraction of sp³-hybridized carbons (Fsp3) is 0.571. The number of rotatable bonds is 5. The van der Waals surface area contributed by atoms with Crippen LogP contribution in [-0.2, 0) is 6.42 Å². The summed E-state index contributed by atoms with van der Waals surface area (Å²) in [6.45, 7) is 6.67. The average Bonchev–Trinajstić information content (AvgIpc) is 2.28. The van der Waals surface area contributed by atoms with Gasteiger partial charge in [0.15, 0.2) is 0 Å². The van der Waals surface area contributed by atoms with Crippen LogP contribution in [0.2, 0.25) is 0 Å². The van der Waals surface area contributed by atoms with E-state index >= 15 is 0 Å². The highest BCUT2D eigenvalue weighted by Gasteiger charge is 2.09. The number of aliphatic hydroxyl groups is 1. The molecule has 0 spiro atoms. The first-order chi connectivity index (χ1) is 7.61. The Bertz CT molecular complexity index is 356. The normalized spacial score (nSPS) is 10.6. The minimum atomic E-state index is 0.285. The van der Waals surface area contributed by atoms with Gasteiger partial charge in [0, 0.05) is 6.61 Å². The monoisotopic (exact) mass is 222 g/mol. The van der Waals surface area contributed by atoms with E-state index < -0.39 is 0 Å². The third-order valence-corrected chi connectivity index (χ3v) is 3.26. The van der Waals surface area contributed by atoms with E-state index in [2.05, 4.69) is 26.8 Å². The first-order valence-corrected chi connectivity index (χ1v) is 5.86. The highest BCUT2D eigenvalue weighted by molar-refractivity contribution is 5.48. The van der Waals surface area contributed by atoms with Crippen molar-refractivity contribution in [2.45, 2.75) is 40.0 Å². The third kappa shape index (κ3) is 2.76. The lowest BCUT2D eigenvalue weighted by atomic mass is 9.94. The van der Waals surface area contributed by atoms with Crippen molar-refractivity contribution in [2.24, 2.45) is 0 Å². The van der Waals surface area contributed by atoms with Crippen LogP contribution in [0.15, 0.2) is 6.07 Å². The molecule has 0 bridgehead atoms. The predicted molar refractivity (Wildman–Crippen MR) is 67.2 cm³/mol. The Balaban J connectivity index is 2.96. The number of benzene rings is 1. The zero-order valence-corrected chi connectivity index (χ0v) is 10.8. The summed E-state index contributed by atoms with van der Waals surface area (Å²) in [5.41, 5.74) is 5.26. The first kappa shape index (κ1) is 13.0. The van der Waals surface area contributed by atoms with Gasteiger partial charge in [-0.25, -0.2) is 0 Å². The van der Waals surface area contributed by atoms with Gasteiger partial charge in [-0.2, -0.15) is 0 Å². The Morgan fingerprint density at radius 3 is 2.38 bits per heavy atom. The molecule has 1 aromatic rings. The van der Waals surface area contributed by atoms with E-state index in [1.54, 1.807) is 7.11 Å². The molecule has 0 amide bonds. The van der Waals surface area contributed by atoms with Crippen LogP contribution in [0.1, 0.15) is 35.1 Å². The number of methoxy groups -OCH3 is 1. The Hall–Kier alpha value is -1.02. The molecule has 2 heteroatoms. The molecule has 0 saturated carbocycles. The van der Waals surface area contributed by atoms with E-state index in [1.807, 2.05) is 0 Å². The Kier molecular flexibility index (Phi) is 4.81. The number of aryl methyl sites for hydroxylation is 1. The summed E-state index contributed by atoms with van der Waals surface area (Å²) in [5, 5.41) is 8.80. The maximum Gasteiger partial charge on any atom is 0.122 e. The van der Waals surface area contributed by atoms with Crippen molar-refractivity contribution in [2.75, 3.05) is 13.7 Å². The van der Waals surface area contributed by atoms with Gasteiger partial charge < -0.3 is 9.84 Å². The van der Waals surface area contributed by atoms with Gasteiger partial charge in [-0.1, -0.05) is 0 Å². The van der Waals surface area contributed by atoms with Crippen molar-refractivity contribution >= 4 is 0 Å². The lowest BCUT2D eigenvalue weighted by molar-refractivity contribution is 0.284. The molecule has 0 aliphatic carbocycles. The van der Waals surface area contributed by atoms with Gasteiger partial charge in [-0.15, -0.1) is 0 Å². The van der Waals surface area contributed by atoms with Crippen LogP contribution in [-0.4, -0.2) is 18.8 Å². The molecule has 0 fully saturated rings. The van der Waals surface area contributed by atoms with Crippen LogP contribution in [0.4, 0.5) is 0 Å². The second-order valence-electron chi connectivity index (χ2n) is 4.30. The lowest BCUT2D eigenvalue weighted by Gasteiger charge is -2.15. The number of hydrogen-bond donors (Lipinski definition) is 1. The van der Waals surface area contributed by atoms with Crippen LogP contribution in [0.3, 0.4) is 0 Å². The van der Waals surface area contributed by atoms with Crippen molar-refractivity contribution in [1.29, 1.82) is 0 Å². The predicted octanol–water partition coefficient (Wildman–Crippen LogP) is 2.94. The van der Waals surface area contributed by atoms with E-state index in [4.69, 9.17) is 9.84 Å². The summed E-state index contributed by atoms with van der Waals surface area (Å²) in [6.07, 6.45) is 2.97. The van der Waals surface area contributed by atoms with E-state index in [-0.39, 0.29) is 6.61 Å². The molecule has 0 aliphatic rings. The Morgan fingerprint density at radius 2 is 1.81 bits per heavy atom. The number of ether oxygens (including phenoxy) is 1. The summed E-state index contributed by atoms with van der Waals surface area (Å²) < 4.78 is 5.35. The minimum absolute atomic E-state index is 0.285. The second kappa shape index (κ2) is 5.90. The van der Waals surface area contributed by atoms with Gasteiger partial charge in [-0.05, 0) is 68.4 Å². The molecule has 0 atom stereocenters. The van der Waals surface area contributed by atoms with Crippen molar-refractivity contribution < 1.29 is 9.84 Å². The molecule has 90 valence electrons. The largest absolute Gasteiger partial charge is 0.496 e. The zero-order valence-electron chi connectivity index (χ0n) is 10.8. The summed E-state index contributed by atoms with van der Waals surface area (Å²) in [7, 11) is 1.71. The van der Waals surface area contributed by atoms with E-state index in [1.165, 1.54) is 22.3 Å². The third-order valence-electron chi connectivity index (χ3n) is 3.26. The number of aliphatic hydroxyl groups excluding tert-OH is 1. The van der Waals surface area contributed by atoms with Crippen LogP contribution in [0.25, 0.3) is 0 Å². The fourth-order valence-corrected chi connectivity index (χ4v) is 2.11. The van der Waals surface area contributed by atoms with E-state index in [0.29, 0.717) is 0 Å². The number of unbranched alkanes of at least 4 members (excludes halogenated alkanes) is 1. The van der Waals surface area contributed by atoms with Gasteiger partial charge in [0.05, 0.1) is 7.11 Å². The van der Waals surface area contributed by atoms with Crippen molar-refractivity contribution in [3.8, 4) is 5.75 Å². The smallest absolute Gasteiger partial charge is 0.122 e. The molecule has 0 saturated heterocycles. The summed E-state index contributed by atoms with van der Waals surface area (Å²) in [4.78, 5) is 0. The highest BCUT2D eigenvalue weighted by atomic mass is 16.5. The zero-order chi connectivity index (χ0) is 12.1. The standard InChI is InChI=1S/C14H22O2/c1-10-9-14(16-4)12(3)11(2)13(10)7-5-6-8-15/h9,15H,5-8H2,1-4H3. The Morgan fingerprint density at radius 1 is 1.12 bits per heavy atom. The van der Waals surface area contributed by atoms with Gasteiger partial charge in [0.25, 0.3) is 0 Å². The van der Waals surface area contributed by atoms with Crippen LogP contribution >= 0.6 is 0 Å². The summed E-state index contributed by atoms with van der Waals surface area (Å²) in [5.74, 6) is 0.973. The summed E-state index contributed by atoms with van der Waals surface area (Å²) in [6, 6.07) is 2.11. The SMILES string of the molecule is COc1cc(C)c(CCCCO)c(C)c1C. The molecular formula is C14H22O2. The van der Waals surface area contributed by atoms with E-state index in [9.17, 15) is 0 Å².